The van der Waals surface area contributed by atoms with Crippen LogP contribution in [0, 0.1) is 11.6 Å². The molecule has 0 atom stereocenters. The Morgan fingerprint density at radius 3 is 2.60 bits per heavy atom. The largest absolute Gasteiger partial charge is 0.366 e. The molecule has 1 saturated heterocycles. The number of nitrogens with zero attached hydrogens (tertiary/aromatic N) is 5. The van der Waals surface area contributed by atoms with Crippen LogP contribution >= 0.6 is 24.0 Å². The van der Waals surface area contributed by atoms with Crippen LogP contribution in [0.3, 0.4) is 0 Å². The van der Waals surface area contributed by atoms with Crippen molar-refractivity contribution in [2.24, 2.45) is 4.99 Å². The van der Waals surface area contributed by atoms with E-state index in [1.165, 1.54) is 12.1 Å². The predicted octanol–water partition coefficient (Wildman–Crippen LogP) is 3.42. The molecule has 0 amide bonds. The number of anilines is 1. The van der Waals surface area contributed by atoms with Gasteiger partial charge in [-0.2, -0.15) is 4.98 Å². The van der Waals surface area contributed by atoms with Gasteiger partial charge in [0.2, 0.25) is 5.89 Å². The van der Waals surface area contributed by atoms with Crippen LogP contribution in [-0.4, -0.2) is 60.3 Å². The standard InChI is InChI=1S/C20H28F2N6O.HI/c1-4-23-20(24-8-7-18-25-19(14(2)3)26-29-18)28-11-9-27(10-12-28)17-13-15(21)5-6-16(17)22;/h5-6,13-14H,4,7-12H2,1-3H3,(H,23,24);1H. The van der Waals surface area contributed by atoms with Crippen molar-refractivity contribution < 1.29 is 13.3 Å². The van der Waals surface area contributed by atoms with Crippen LogP contribution in [0.1, 0.15) is 38.4 Å². The molecule has 166 valence electrons. The normalized spacial score (nSPS) is 14.8. The predicted molar refractivity (Wildman–Crippen MR) is 124 cm³/mol. The monoisotopic (exact) mass is 534 g/mol. The molecule has 1 aliphatic rings. The first-order valence-corrected chi connectivity index (χ1v) is 10.0. The topological polar surface area (TPSA) is 69.8 Å². The number of aromatic nitrogens is 2. The van der Waals surface area contributed by atoms with Crippen molar-refractivity contribution in [1.29, 1.82) is 0 Å². The van der Waals surface area contributed by atoms with Gasteiger partial charge in [0.25, 0.3) is 0 Å². The van der Waals surface area contributed by atoms with Crippen molar-refractivity contribution in [1.82, 2.24) is 20.4 Å². The second-order valence-electron chi connectivity index (χ2n) is 7.26. The van der Waals surface area contributed by atoms with E-state index in [-0.39, 0.29) is 29.9 Å². The first-order chi connectivity index (χ1) is 14.0. The molecule has 2 heterocycles. The molecule has 1 aromatic heterocycles. The Bertz CT molecular complexity index is 836. The summed E-state index contributed by atoms with van der Waals surface area (Å²) in [6.45, 7) is 9.84. The maximum absolute atomic E-state index is 14.0. The SMILES string of the molecule is CCNC(=NCCc1nc(C(C)C)no1)N1CCN(c2cc(F)ccc2F)CC1.I. The summed E-state index contributed by atoms with van der Waals surface area (Å²) in [5.41, 5.74) is 0.309. The Labute approximate surface area is 192 Å². The zero-order valence-corrected chi connectivity index (χ0v) is 19.9. The fourth-order valence-corrected chi connectivity index (χ4v) is 3.17. The summed E-state index contributed by atoms with van der Waals surface area (Å²) >= 11 is 0. The summed E-state index contributed by atoms with van der Waals surface area (Å²) in [7, 11) is 0. The number of piperazine rings is 1. The van der Waals surface area contributed by atoms with Crippen LogP contribution in [0.2, 0.25) is 0 Å². The highest BCUT2D eigenvalue weighted by atomic mass is 127. The number of guanidine groups is 1. The Balaban J connectivity index is 0.00000320. The van der Waals surface area contributed by atoms with E-state index in [0.29, 0.717) is 56.5 Å². The van der Waals surface area contributed by atoms with Gasteiger partial charge in [-0.15, -0.1) is 24.0 Å². The van der Waals surface area contributed by atoms with Gasteiger partial charge in [0.15, 0.2) is 11.8 Å². The lowest BCUT2D eigenvalue weighted by Crippen LogP contribution is -2.52. The number of rotatable bonds is 6. The third-order valence-corrected chi connectivity index (χ3v) is 4.75. The fraction of sp³-hybridized carbons (Fsp3) is 0.550. The summed E-state index contributed by atoms with van der Waals surface area (Å²) < 4.78 is 32.8. The Morgan fingerprint density at radius 2 is 1.97 bits per heavy atom. The highest BCUT2D eigenvalue weighted by Crippen LogP contribution is 2.22. The van der Waals surface area contributed by atoms with E-state index in [0.717, 1.165) is 18.6 Å². The lowest BCUT2D eigenvalue weighted by Gasteiger charge is -2.37. The van der Waals surface area contributed by atoms with E-state index in [4.69, 9.17) is 4.52 Å². The average molecular weight is 534 g/mol. The first kappa shape index (κ1) is 24.3. The Kier molecular flexibility index (Phi) is 9.25. The minimum Gasteiger partial charge on any atom is -0.366 e. The van der Waals surface area contributed by atoms with Gasteiger partial charge in [0, 0.05) is 51.1 Å². The molecule has 0 bridgehead atoms. The van der Waals surface area contributed by atoms with Gasteiger partial charge >= 0.3 is 0 Å². The molecule has 1 fully saturated rings. The van der Waals surface area contributed by atoms with Gasteiger partial charge < -0.3 is 19.6 Å². The molecule has 0 unspecified atom stereocenters. The van der Waals surface area contributed by atoms with Crippen molar-refractivity contribution in [2.75, 3.05) is 44.2 Å². The molecule has 10 heteroatoms. The molecule has 0 saturated carbocycles. The third kappa shape index (κ3) is 6.26. The first-order valence-electron chi connectivity index (χ1n) is 10.0. The van der Waals surface area contributed by atoms with E-state index < -0.39 is 11.6 Å². The number of benzene rings is 1. The molecule has 0 aliphatic carbocycles. The minimum absolute atomic E-state index is 0. The lowest BCUT2D eigenvalue weighted by atomic mass is 10.2. The molecule has 0 spiro atoms. The van der Waals surface area contributed by atoms with Gasteiger partial charge in [-0.1, -0.05) is 19.0 Å². The molecule has 7 nitrogen and oxygen atoms in total. The number of hydrogen-bond acceptors (Lipinski definition) is 5. The molecular weight excluding hydrogens is 505 g/mol. The Morgan fingerprint density at radius 1 is 1.23 bits per heavy atom. The van der Waals surface area contributed by atoms with Crippen LogP contribution in [0.25, 0.3) is 0 Å². The lowest BCUT2D eigenvalue weighted by molar-refractivity contribution is 0.365. The zero-order valence-electron chi connectivity index (χ0n) is 17.6. The van der Waals surface area contributed by atoms with E-state index in [9.17, 15) is 8.78 Å². The van der Waals surface area contributed by atoms with E-state index >= 15 is 0 Å². The molecule has 30 heavy (non-hydrogen) atoms. The summed E-state index contributed by atoms with van der Waals surface area (Å²) in [4.78, 5) is 13.0. The van der Waals surface area contributed by atoms with Crippen LogP contribution in [0.15, 0.2) is 27.7 Å². The van der Waals surface area contributed by atoms with Crippen molar-refractivity contribution >= 4 is 35.6 Å². The smallest absolute Gasteiger partial charge is 0.228 e. The quantitative estimate of drug-likeness (QED) is 0.348. The summed E-state index contributed by atoms with van der Waals surface area (Å²) in [5.74, 6) is 1.49. The molecule has 0 radical (unpaired) electrons. The molecule has 1 aliphatic heterocycles. The summed E-state index contributed by atoms with van der Waals surface area (Å²) in [6, 6.07) is 3.56. The molecule has 2 aromatic rings. The van der Waals surface area contributed by atoms with Gasteiger partial charge in [0.1, 0.15) is 11.6 Å². The highest BCUT2D eigenvalue weighted by molar-refractivity contribution is 14.0. The highest BCUT2D eigenvalue weighted by Gasteiger charge is 2.22. The average Bonchev–Trinajstić information content (AvgIpc) is 3.19. The maximum atomic E-state index is 14.0. The number of aliphatic imine (C=N–C) groups is 1. The van der Waals surface area contributed by atoms with Crippen LogP contribution in [0.5, 0.6) is 0 Å². The number of halogens is 3. The van der Waals surface area contributed by atoms with Gasteiger partial charge in [-0.25, -0.2) is 8.78 Å². The second-order valence-corrected chi connectivity index (χ2v) is 7.26. The Hall–Kier alpha value is -1.98. The minimum atomic E-state index is -0.430. The van der Waals surface area contributed by atoms with Gasteiger partial charge in [-0.05, 0) is 19.1 Å². The van der Waals surface area contributed by atoms with Crippen molar-refractivity contribution in [3.8, 4) is 0 Å². The van der Waals surface area contributed by atoms with E-state index in [2.05, 4.69) is 25.3 Å². The van der Waals surface area contributed by atoms with Crippen molar-refractivity contribution in [3.05, 3.63) is 41.5 Å². The van der Waals surface area contributed by atoms with Crippen LogP contribution in [0.4, 0.5) is 14.5 Å². The third-order valence-electron chi connectivity index (χ3n) is 4.75. The molecule has 3 rings (SSSR count). The fourth-order valence-electron chi connectivity index (χ4n) is 3.17. The summed E-state index contributed by atoms with van der Waals surface area (Å²) in [6.07, 6.45) is 0.573. The van der Waals surface area contributed by atoms with Crippen molar-refractivity contribution in [2.45, 2.75) is 33.1 Å². The second kappa shape index (κ2) is 11.4. The van der Waals surface area contributed by atoms with E-state index in [1.54, 1.807) is 0 Å². The van der Waals surface area contributed by atoms with E-state index in [1.807, 2.05) is 25.7 Å². The van der Waals surface area contributed by atoms with Gasteiger partial charge in [0.05, 0.1) is 12.2 Å². The molecular formula is C20H29F2IN6O. The maximum Gasteiger partial charge on any atom is 0.228 e. The molecule has 1 aromatic carbocycles. The summed E-state index contributed by atoms with van der Waals surface area (Å²) in [5, 5.41) is 7.26. The number of nitrogens with one attached hydrogen (secondary N) is 1. The van der Waals surface area contributed by atoms with Gasteiger partial charge in [-0.3, -0.25) is 4.99 Å². The molecule has 1 N–H and O–H groups in total. The van der Waals surface area contributed by atoms with Crippen LogP contribution in [-0.2, 0) is 6.42 Å². The zero-order chi connectivity index (χ0) is 20.8. The van der Waals surface area contributed by atoms with Crippen LogP contribution < -0.4 is 10.2 Å². The number of hydrogen-bond donors (Lipinski definition) is 1. The van der Waals surface area contributed by atoms with Crippen molar-refractivity contribution in [3.63, 3.8) is 0 Å².